The standard InChI is InChI=1S/C26H23N5/c1-18(20-5-3-2-4-6-20)31-24-16-21(22-8-10-25(27)29-17-22)7-9-23(24)30-26(31)15-19-11-13-28-14-12-19/h2-14,16-18H,15H2,1H3,(H2,27,29). The van der Waals surface area contributed by atoms with Crippen molar-refractivity contribution in [2.45, 2.75) is 19.4 Å². The molecule has 31 heavy (non-hydrogen) atoms. The molecule has 1 unspecified atom stereocenters. The molecule has 0 spiro atoms. The number of benzene rings is 2. The Morgan fingerprint density at radius 3 is 2.42 bits per heavy atom. The first-order chi connectivity index (χ1) is 15.2. The second kappa shape index (κ2) is 8.03. The van der Waals surface area contributed by atoms with E-state index in [0.29, 0.717) is 5.82 Å². The molecule has 5 nitrogen and oxygen atoms in total. The molecule has 1 atom stereocenters. The number of rotatable bonds is 5. The molecule has 5 rings (SSSR count). The van der Waals surface area contributed by atoms with Gasteiger partial charge in [0.25, 0.3) is 0 Å². The van der Waals surface area contributed by atoms with Crippen LogP contribution in [0.4, 0.5) is 5.82 Å². The lowest BCUT2D eigenvalue weighted by molar-refractivity contribution is 0.627. The molecule has 0 amide bonds. The smallest absolute Gasteiger partial charge is 0.123 e. The molecule has 3 heterocycles. The summed E-state index contributed by atoms with van der Waals surface area (Å²) in [5.74, 6) is 1.55. The maximum atomic E-state index is 5.77. The topological polar surface area (TPSA) is 69.6 Å². The highest BCUT2D eigenvalue weighted by Gasteiger charge is 2.18. The Hall–Kier alpha value is -3.99. The van der Waals surface area contributed by atoms with E-state index in [1.807, 2.05) is 48.9 Å². The summed E-state index contributed by atoms with van der Waals surface area (Å²) >= 11 is 0. The minimum Gasteiger partial charge on any atom is -0.384 e. The van der Waals surface area contributed by atoms with Crippen molar-refractivity contribution >= 4 is 16.9 Å². The number of aromatic nitrogens is 4. The summed E-state index contributed by atoms with van der Waals surface area (Å²) in [4.78, 5) is 13.4. The van der Waals surface area contributed by atoms with Gasteiger partial charge in [-0.15, -0.1) is 0 Å². The van der Waals surface area contributed by atoms with Gasteiger partial charge in [0.05, 0.1) is 17.1 Å². The highest BCUT2D eigenvalue weighted by atomic mass is 15.1. The summed E-state index contributed by atoms with van der Waals surface area (Å²) in [6, 6.07) is 25.0. The fourth-order valence-corrected chi connectivity index (χ4v) is 4.02. The van der Waals surface area contributed by atoms with E-state index in [1.165, 1.54) is 11.1 Å². The molecule has 0 bridgehead atoms. The Bertz CT molecular complexity index is 1310. The second-order valence-electron chi connectivity index (χ2n) is 7.69. The van der Waals surface area contributed by atoms with Gasteiger partial charge in [-0.05, 0) is 60.0 Å². The van der Waals surface area contributed by atoms with Crippen molar-refractivity contribution in [2.75, 3.05) is 5.73 Å². The fraction of sp³-hybridized carbons (Fsp3) is 0.115. The van der Waals surface area contributed by atoms with E-state index in [0.717, 1.165) is 34.4 Å². The van der Waals surface area contributed by atoms with E-state index >= 15 is 0 Å². The van der Waals surface area contributed by atoms with Crippen molar-refractivity contribution in [3.05, 3.63) is 108 Å². The van der Waals surface area contributed by atoms with E-state index in [-0.39, 0.29) is 6.04 Å². The predicted octanol–water partition coefficient (Wildman–Crippen LogP) is 5.28. The Labute approximate surface area is 181 Å². The fourth-order valence-electron chi connectivity index (χ4n) is 4.02. The van der Waals surface area contributed by atoms with Crippen LogP contribution in [0.1, 0.15) is 29.9 Å². The van der Waals surface area contributed by atoms with Crippen LogP contribution in [0.3, 0.4) is 0 Å². The van der Waals surface area contributed by atoms with Crippen LogP contribution in [-0.4, -0.2) is 19.5 Å². The number of hydrogen-bond donors (Lipinski definition) is 1. The number of nitrogens with zero attached hydrogens (tertiary/aromatic N) is 4. The second-order valence-corrected chi connectivity index (χ2v) is 7.69. The van der Waals surface area contributed by atoms with Crippen LogP contribution in [0.15, 0.2) is 91.4 Å². The number of pyridine rings is 2. The van der Waals surface area contributed by atoms with Crippen LogP contribution < -0.4 is 5.73 Å². The zero-order valence-corrected chi connectivity index (χ0v) is 17.3. The van der Waals surface area contributed by atoms with Gasteiger partial charge in [0.15, 0.2) is 0 Å². The first-order valence-corrected chi connectivity index (χ1v) is 10.4. The summed E-state index contributed by atoms with van der Waals surface area (Å²) in [5.41, 5.74) is 12.4. The summed E-state index contributed by atoms with van der Waals surface area (Å²) in [6.45, 7) is 2.23. The van der Waals surface area contributed by atoms with Gasteiger partial charge in [-0.2, -0.15) is 0 Å². The Kier molecular flexibility index (Phi) is 4.92. The molecule has 0 aliphatic carbocycles. The molecule has 0 aliphatic rings. The van der Waals surface area contributed by atoms with Gasteiger partial charge in [0.1, 0.15) is 11.6 Å². The molecule has 5 heteroatoms. The molecule has 0 fully saturated rings. The first-order valence-electron chi connectivity index (χ1n) is 10.4. The van der Waals surface area contributed by atoms with E-state index < -0.39 is 0 Å². The van der Waals surface area contributed by atoms with Crippen molar-refractivity contribution in [1.29, 1.82) is 0 Å². The van der Waals surface area contributed by atoms with Crippen molar-refractivity contribution in [2.24, 2.45) is 0 Å². The summed E-state index contributed by atoms with van der Waals surface area (Å²) in [7, 11) is 0. The van der Waals surface area contributed by atoms with Crippen LogP contribution in [0.5, 0.6) is 0 Å². The number of nitrogens with two attached hydrogens (primary N) is 1. The lowest BCUT2D eigenvalue weighted by Gasteiger charge is -2.19. The quantitative estimate of drug-likeness (QED) is 0.432. The van der Waals surface area contributed by atoms with Crippen LogP contribution in [0, 0.1) is 0 Å². The maximum Gasteiger partial charge on any atom is 0.123 e. The highest BCUT2D eigenvalue weighted by molar-refractivity contribution is 5.83. The third-order valence-electron chi connectivity index (χ3n) is 5.66. The molecule has 3 aromatic heterocycles. The molecule has 0 aliphatic heterocycles. The van der Waals surface area contributed by atoms with Crippen molar-refractivity contribution < 1.29 is 0 Å². The molecule has 2 aromatic carbocycles. The molecular formula is C26H23N5. The minimum absolute atomic E-state index is 0.142. The molecule has 0 radical (unpaired) electrons. The van der Waals surface area contributed by atoms with Gasteiger partial charge in [0, 0.05) is 30.6 Å². The van der Waals surface area contributed by atoms with E-state index in [1.54, 1.807) is 0 Å². The van der Waals surface area contributed by atoms with Gasteiger partial charge in [0.2, 0.25) is 0 Å². The predicted molar refractivity (Wildman–Crippen MR) is 125 cm³/mol. The molecule has 152 valence electrons. The lowest BCUT2D eigenvalue weighted by atomic mass is 10.1. The third-order valence-corrected chi connectivity index (χ3v) is 5.66. The van der Waals surface area contributed by atoms with E-state index in [2.05, 4.69) is 63.9 Å². The number of fused-ring (bicyclic) bond motifs is 1. The molecular weight excluding hydrogens is 382 g/mol. The van der Waals surface area contributed by atoms with Crippen LogP contribution in [0.2, 0.25) is 0 Å². The van der Waals surface area contributed by atoms with Gasteiger partial charge in [-0.1, -0.05) is 36.4 Å². The van der Waals surface area contributed by atoms with Crippen molar-refractivity contribution in [1.82, 2.24) is 19.5 Å². The molecule has 0 saturated carbocycles. The third kappa shape index (κ3) is 3.78. The van der Waals surface area contributed by atoms with Crippen molar-refractivity contribution in [3.8, 4) is 11.1 Å². The molecule has 5 aromatic rings. The Balaban J connectivity index is 1.67. The average Bonchev–Trinajstić information content (AvgIpc) is 3.17. The van der Waals surface area contributed by atoms with Gasteiger partial charge < -0.3 is 10.3 Å². The van der Waals surface area contributed by atoms with Crippen molar-refractivity contribution in [3.63, 3.8) is 0 Å². The van der Waals surface area contributed by atoms with E-state index in [4.69, 9.17) is 10.7 Å². The maximum absolute atomic E-state index is 5.77. The Morgan fingerprint density at radius 1 is 0.903 bits per heavy atom. The molecule has 0 saturated heterocycles. The summed E-state index contributed by atoms with van der Waals surface area (Å²) in [5, 5.41) is 0. The molecule has 2 N–H and O–H groups in total. The Morgan fingerprint density at radius 2 is 1.68 bits per heavy atom. The zero-order chi connectivity index (χ0) is 21.2. The SMILES string of the molecule is CC(c1ccccc1)n1c(Cc2ccncc2)nc2ccc(-c3ccc(N)nc3)cc21. The monoisotopic (exact) mass is 405 g/mol. The average molecular weight is 406 g/mol. The van der Waals surface area contributed by atoms with Gasteiger partial charge >= 0.3 is 0 Å². The first kappa shape index (κ1) is 19.0. The van der Waals surface area contributed by atoms with E-state index in [9.17, 15) is 0 Å². The van der Waals surface area contributed by atoms with Crippen LogP contribution >= 0.6 is 0 Å². The normalized spacial score (nSPS) is 12.2. The number of nitrogen functional groups attached to an aromatic ring is 1. The minimum atomic E-state index is 0.142. The zero-order valence-electron chi connectivity index (χ0n) is 17.3. The highest BCUT2D eigenvalue weighted by Crippen LogP contribution is 2.30. The van der Waals surface area contributed by atoms with Crippen LogP contribution in [-0.2, 0) is 6.42 Å². The lowest BCUT2D eigenvalue weighted by Crippen LogP contribution is -2.11. The largest absolute Gasteiger partial charge is 0.384 e. The number of imidazole rings is 1. The van der Waals surface area contributed by atoms with Gasteiger partial charge in [-0.3, -0.25) is 4.98 Å². The summed E-state index contributed by atoms with van der Waals surface area (Å²) in [6.07, 6.45) is 6.22. The van der Waals surface area contributed by atoms with Crippen LogP contribution in [0.25, 0.3) is 22.2 Å². The number of anilines is 1. The van der Waals surface area contributed by atoms with Gasteiger partial charge in [-0.25, -0.2) is 9.97 Å². The summed E-state index contributed by atoms with van der Waals surface area (Å²) < 4.78 is 2.35. The number of hydrogen-bond acceptors (Lipinski definition) is 4.